The van der Waals surface area contributed by atoms with Crippen molar-refractivity contribution >= 4 is 95.2 Å². The third-order valence-corrected chi connectivity index (χ3v) is 21.8. The minimum absolute atomic E-state index is 0.0258. The number of methoxy groups -OCH3 is 1. The molecule has 6 rings (SSSR count). The van der Waals surface area contributed by atoms with Crippen LogP contribution in [-0.2, 0) is 116 Å². The summed E-state index contributed by atoms with van der Waals surface area (Å²) in [6.45, 7) is 9.98. The van der Waals surface area contributed by atoms with Crippen molar-refractivity contribution in [2.24, 2.45) is 0 Å². The number of aliphatic carboxylic acids is 1. The first-order valence-electron chi connectivity index (χ1n) is 28.4. The Morgan fingerprint density at radius 3 is 1.53 bits per heavy atom. The monoisotopic (exact) mass is 1350 g/mol. The van der Waals surface area contributed by atoms with E-state index in [-0.39, 0.29) is 66.7 Å². The van der Waals surface area contributed by atoms with Crippen LogP contribution in [-0.4, -0.2) is 198 Å². The summed E-state index contributed by atoms with van der Waals surface area (Å²) in [6.07, 6.45) is 10.6. The topological polar surface area (TPSA) is 316 Å². The number of carbonyl (C=O) groups is 1. The number of hydrogen-bond donors (Lipinski definition) is 1. The van der Waals surface area contributed by atoms with Crippen molar-refractivity contribution in [3.05, 3.63) is 95.7 Å². The minimum atomic E-state index is -4.58. The van der Waals surface area contributed by atoms with Crippen molar-refractivity contribution in [1.82, 2.24) is 0 Å². The minimum Gasteiger partial charge on any atom is -0.481 e. The molecule has 1 atom stereocenters. The molecule has 0 aliphatic carbocycles. The maximum absolute atomic E-state index is 13.7. The Kier molecular flexibility index (Phi) is 26.2. The van der Waals surface area contributed by atoms with Crippen LogP contribution in [0.5, 0.6) is 0 Å². The fraction of sp³-hybridized carbons (Fsp3) is 0.525. The van der Waals surface area contributed by atoms with Crippen LogP contribution < -0.4 is 4.90 Å². The first kappa shape index (κ1) is 72.9. The number of benzene rings is 4. The van der Waals surface area contributed by atoms with Gasteiger partial charge in [-0.2, -0.15) is 46.7 Å². The molecule has 1 N–H and O–H groups in total. The molecule has 89 heavy (non-hydrogen) atoms. The van der Waals surface area contributed by atoms with Gasteiger partial charge in [-0.25, -0.2) is 0 Å². The van der Waals surface area contributed by atoms with Crippen LogP contribution in [0.15, 0.2) is 104 Å². The Morgan fingerprint density at radius 1 is 0.539 bits per heavy atom. The number of rotatable bonds is 40. The van der Waals surface area contributed by atoms with Crippen molar-refractivity contribution in [2.75, 3.05) is 139 Å². The molecule has 1 unspecified atom stereocenters. The Balaban J connectivity index is 1.42. The number of unbranched alkanes of at least 4 members (excludes halogenated alkanes) is 2. The molecule has 0 bridgehead atoms. The molecule has 30 heteroatoms. The maximum Gasteiger partial charge on any atom is 0.303 e. The zero-order valence-corrected chi connectivity index (χ0v) is 55.6. The number of fused-ring (bicyclic) bond motifs is 6. The zero-order chi connectivity index (χ0) is 65.4. The Hall–Kier alpha value is -5.13. The summed E-state index contributed by atoms with van der Waals surface area (Å²) in [5.74, 6) is -1.33. The van der Waals surface area contributed by atoms with E-state index < -0.39 is 87.8 Å². The third-order valence-electron chi connectivity index (χ3n) is 15.3. The largest absolute Gasteiger partial charge is 0.481 e. The molecule has 0 saturated heterocycles. The van der Waals surface area contributed by atoms with Gasteiger partial charge in [0.1, 0.15) is 16.3 Å². The zero-order valence-electron chi connectivity index (χ0n) is 51.5. The lowest BCUT2D eigenvalue weighted by Gasteiger charge is -2.31. The van der Waals surface area contributed by atoms with Crippen LogP contribution in [0.3, 0.4) is 0 Å². The fourth-order valence-corrected chi connectivity index (χ4v) is 15.0. The Morgan fingerprint density at radius 2 is 1.03 bits per heavy atom. The molecule has 0 amide bonds. The predicted molar refractivity (Wildman–Crippen MR) is 331 cm³/mol. The average Bonchev–Trinajstić information content (AvgIpc) is 1.62. The Labute approximate surface area is 522 Å². The second-order valence-electron chi connectivity index (χ2n) is 21.2. The highest BCUT2D eigenvalue weighted by Crippen LogP contribution is 2.54. The number of hydrogen-bond acceptors (Lipinski definition) is 23. The van der Waals surface area contributed by atoms with Gasteiger partial charge in [0.2, 0.25) is 5.69 Å². The van der Waals surface area contributed by atoms with Crippen molar-refractivity contribution in [1.29, 1.82) is 0 Å². The van der Waals surface area contributed by atoms with Crippen LogP contribution in [0, 0.1) is 0 Å². The highest BCUT2D eigenvalue weighted by Gasteiger charge is 2.47. The number of nitrogens with zero attached hydrogens (tertiary/aromatic N) is 2. The molecule has 2 aliphatic rings. The van der Waals surface area contributed by atoms with Gasteiger partial charge in [-0.05, 0) is 105 Å². The van der Waals surface area contributed by atoms with E-state index in [1.807, 2.05) is 42.4 Å². The van der Waals surface area contributed by atoms with Gasteiger partial charge >= 0.3 is 5.97 Å². The molecule has 0 spiro atoms. The van der Waals surface area contributed by atoms with Gasteiger partial charge < -0.3 is 38.4 Å². The smallest absolute Gasteiger partial charge is 0.303 e. The lowest BCUT2D eigenvalue weighted by atomic mass is 9.75. The van der Waals surface area contributed by atoms with Crippen molar-refractivity contribution < 1.29 is 106 Å². The van der Waals surface area contributed by atoms with E-state index in [1.165, 1.54) is 12.1 Å². The summed E-state index contributed by atoms with van der Waals surface area (Å²) in [4.78, 5) is 11.6. The highest BCUT2D eigenvalue weighted by molar-refractivity contribution is 7.88. The van der Waals surface area contributed by atoms with Crippen LogP contribution in [0.2, 0.25) is 0 Å². The molecule has 4 aromatic rings. The quantitative estimate of drug-likeness (QED) is 0.0212. The molecule has 0 aromatic heterocycles. The standard InChI is InChI=1S/C59H80N2O23S5/c1-58(2)53(60(25-15-11-14-19-55(62)63)49-22-20-45-47(56(49)58)39-43(86(66,67)76-6)41-51(45)88(70,71)78-8)17-12-10-13-18-54-59(3,24-16-38-85(64,65)75-5)57-48-40-44(87(68,69)77-7)42-52(89(72,73)79-9)46(48)21-23-50(57)61(54)26-27-80-30-31-82-34-35-84-37-36-83-33-32-81-29-28-74-4/h10,12-13,17-18,20-23,39-42H,11,14-16,19,24-38H2,1-9H3/p+1. The fourth-order valence-electron chi connectivity index (χ4n) is 11.0. The highest BCUT2D eigenvalue weighted by atomic mass is 32.2. The Bertz CT molecular complexity index is 3880. The summed E-state index contributed by atoms with van der Waals surface area (Å²) >= 11 is 0. The molecule has 25 nitrogen and oxygen atoms in total. The molecule has 0 radical (unpaired) electrons. The van der Waals surface area contributed by atoms with Crippen LogP contribution in [0.1, 0.15) is 70.4 Å². The van der Waals surface area contributed by atoms with Crippen LogP contribution in [0.4, 0.5) is 11.4 Å². The van der Waals surface area contributed by atoms with Crippen molar-refractivity contribution in [3.8, 4) is 0 Å². The van der Waals surface area contributed by atoms with Crippen LogP contribution >= 0.6 is 0 Å². The molecule has 0 fully saturated rings. The first-order valence-corrected chi connectivity index (χ1v) is 35.6. The second kappa shape index (κ2) is 31.9. The molecular weight excluding hydrogens is 1260 g/mol. The summed E-state index contributed by atoms with van der Waals surface area (Å²) in [5, 5.41) is 10.2. The van der Waals surface area contributed by atoms with Crippen molar-refractivity contribution in [3.63, 3.8) is 0 Å². The van der Waals surface area contributed by atoms with Crippen molar-refractivity contribution in [2.45, 2.75) is 89.7 Å². The number of ether oxygens (including phenoxy) is 6. The second-order valence-corrected chi connectivity index (χ2v) is 29.8. The van der Waals surface area contributed by atoms with E-state index in [9.17, 15) is 52.0 Å². The lowest BCUT2D eigenvalue weighted by Crippen LogP contribution is -2.31. The van der Waals surface area contributed by atoms with Gasteiger partial charge in [-0.15, -0.1) is 0 Å². The number of carboxylic acid groups (broad SMARTS) is 1. The van der Waals surface area contributed by atoms with E-state index in [0.29, 0.717) is 112 Å². The number of anilines is 1. The molecule has 0 saturated carbocycles. The average molecular weight is 1350 g/mol. The van der Waals surface area contributed by atoms with Gasteiger partial charge in [0.25, 0.3) is 50.6 Å². The van der Waals surface area contributed by atoms with E-state index in [4.69, 9.17) is 49.3 Å². The maximum atomic E-state index is 13.7. The van der Waals surface area contributed by atoms with Gasteiger partial charge in [0, 0.05) is 71.8 Å². The number of allylic oxidation sites excluding steroid dienone is 6. The third kappa shape index (κ3) is 17.7. The summed E-state index contributed by atoms with van der Waals surface area (Å²) < 4.78 is 193. The molecule has 2 aliphatic heterocycles. The van der Waals surface area contributed by atoms with Crippen LogP contribution in [0.25, 0.3) is 21.5 Å². The molecule has 2 heterocycles. The SMILES string of the molecule is COCCOCCOCCOCCOCCOCCN1C(=CC=CC=CC2=[N+](CCCCCC(=O)O)c3ccc4c(S(=O)(=O)OC)cc(S(=O)(=O)OC)cc4c3C2(C)C)C(C)(CCCS(=O)(=O)OC)c2c1ccc1c(S(=O)(=O)OC)cc(S(=O)(=O)OC)cc21. The summed E-state index contributed by atoms with van der Waals surface area (Å²) in [7, 11) is -15.5. The summed E-state index contributed by atoms with van der Waals surface area (Å²) in [6, 6.07) is 11.2. The van der Waals surface area contributed by atoms with Gasteiger partial charge in [0.15, 0.2) is 5.71 Å². The molecule has 4 aromatic carbocycles. The predicted octanol–water partition coefficient (Wildman–Crippen LogP) is 6.61. The first-order chi connectivity index (χ1) is 42.1. The van der Waals surface area contributed by atoms with Gasteiger partial charge in [-0.1, -0.05) is 24.3 Å². The van der Waals surface area contributed by atoms with E-state index >= 15 is 0 Å². The van der Waals surface area contributed by atoms with E-state index in [0.717, 1.165) is 53.4 Å². The normalized spacial score (nSPS) is 17.0. The molecular formula is C59H81N2O23S5+. The van der Waals surface area contributed by atoms with E-state index in [1.54, 1.807) is 49.6 Å². The number of carboxylic acids is 1. The lowest BCUT2D eigenvalue weighted by molar-refractivity contribution is -0.438. The summed E-state index contributed by atoms with van der Waals surface area (Å²) in [5.41, 5.74) is 1.42. The van der Waals surface area contributed by atoms with Gasteiger partial charge in [-0.3, -0.25) is 25.7 Å². The molecule has 494 valence electrons. The van der Waals surface area contributed by atoms with E-state index in [2.05, 4.69) is 0 Å². The van der Waals surface area contributed by atoms with Gasteiger partial charge in [0.05, 0.1) is 129 Å².